The van der Waals surface area contributed by atoms with Crippen molar-refractivity contribution >= 4 is 17.5 Å². The normalized spacial score (nSPS) is 28.6. The van der Waals surface area contributed by atoms with Crippen LogP contribution in [0.5, 0.6) is 0 Å². The minimum absolute atomic E-state index is 0.288. The maximum atomic E-state index is 12.5. The third-order valence-corrected chi connectivity index (χ3v) is 5.02. The number of hydrogen-bond acceptors (Lipinski definition) is 1. The molecule has 3 unspecified atom stereocenters. The molecule has 0 heterocycles. The summed E-state index contributed by atoms with van der Waals surface area (Å²) in [5, 5.41) is 0.742. The lowest BCUT2D eigenvalue weighted by Gasteiger charge is -2.26. The van der Waals surface area contributed by atoms with E-state index in [1.54, 1.807) is 0 Å². The zero-order valence-corrected chi connectivity index (χ0v) is 12.1. The zero-order valence-electron chi connectivity index (χ0n) is 11.3. The third-order valence-electron chi connectivity index (χ3n) is 4.76. The van der Waals surface area contributed by atoms with Gasteiger partial charge in [-0.2, -0.15) is 0 Å². The van der Waals surface area contributed by atoms with Crippen LogP contribution in [0.25, 0.3) is 0 Å². The van der Waals surface area contributed by atoms with Gasteiger partial charge in [0.05, 0.1) is 0 Å². The SMILES string of the molecule is CN(Cc1ccc(Cl)cc1)C(=O)C1CC2CCC1C2. The number of carbonyl (C=O) groups excluding carboxylic acids is 1. The summed E-state index contributed by atoms with van der Waals surface area (Å²) in [4.78, 5) is 14.4. The lowest BCUT2D eigenvalue weighted by Crippen LogP contribution is -2.35. The number of hydrogen-bond donors (Lipinski definition) is 0. The molecule has 0 aromatic heterocycles. The van der Waals surface area contributed by atoms with Gasteiger partial charge in [0.25, 0.3) is 0 Å². The van der Waals surface area contributed by atoms with Gasteiger partial charge in [0.15, 0.2) is 0 Å². The first-order valence-electron chi connectivity index (χ1n) is 7.13. The Morgan fingerprint density at radius 1 is 1.26 bits per heavy atom. The van der Waals surface area contributed by atoms with Gasteiger partial charge < -0.3 is 4.90 Å². The molecule has 2 nitrogen and oxygen atoms in total. The maximum Gasteiger partial charge on any atom is 0.226 e. The molecule has 0 aliphatic heterocycles. The first-order chi connectivity index (χ1) is 9.13. The number of halogens is 1. The summed E-state index contributed by atoms with van der Waals surface area (Å²) >= 11 is 5.88. The van der Waals surface area contributed by atoms with Crippen molar-refractivity contribution in [1.29, 1.82) is 0 Å². The Hall–Kier alpha value is -1.02. The molecule has 2 saturated carbocycles. The Kier molecular flexibility index (Phi) is 3.53. The third kappa shape index (κ3) is 2.64. The number of benzene rings is 1. The molecule has 3 rings (SSSR count). The molecule has 0 saturated heterocycles. The summed E-state index contributed by atoms with van der Waals surface area (Å²) in [6.07, 6.45) is 5.00. The van der Waals surface area contributed by atoms with E-state index in [2.05, 4.69) is 0 Å². The summed E-state index contributed by atoms with van der Waals surface area (Å²) in [6, 6.07) is 7.75. The summed E-state index contributed by atoms with van der Waals surface area (Å²) < 4.78 is 0. The Morgan fingerprint density at radius 3 is 2.58 bits per heavy atom. The van der Waals surface area contributed by atoms with Crippen LogP contribution in [0.2, 0.25) is 5.02 Å². The fourth-order valence-electron chi connectivity index (χ4n) is 3.77. The number of amides is 1. The van der Waals surface area contributed by atoms with Crippen molar-refractivity contribution in [1.82, 2.24) is 4.90 Å². The molecule has 1 amide bonds. The average Bonchev–Trinajstić information content (AvgIpc) is 3.03. The van der Waals surface area contributed by atoms with Crippen molar-refractivity contribution in [2.45, 2.75) is 32.2 Å². The molecule has 1 aromatic carbocycles. The predicted molar refractivity (Wildman–Crippen MR) is 76.9 cm³/mol. The molecule has 19 heavy (non-hydrogen) atoms. The predicted octanol–water partition coefficient (Wildman–Crippen LogP) is 3.73. The molecule has 0 radical (unpaired) electrons. The summed E-state index contributed by atoms with van der Waals surface area (Å²) in [6.45, 7) is 0.684. The quantitative estimate of drug-likeness (QED) is 0.824. The lowest BCUT2D eigenvalue weighted by atomic mass is 9.88. The van der Waals surface area contributed by atoms with Crippen molar-refractivity contribution in [2.24, 2.45) is 17.8 Å². The van der Waals surface area contributed by atoms with E-state index < -0.39 is 0 Å². The van der Waals surface area contributed by atoms with Crippen LogP contribution >= 0.6 is 11.6 Å². The monoisotopic (exact) mass is 277 g/mol. The molecule has 1 aromatic rings. The Labute approximate surface area is 119 Å². The second-order valence-electron chi connectivity index (χ2n) is 6.10. The van der Waals surface area contributed by atoms with Crippen LogP contribution in [-0.2, 0) is 11.3 Å². The van der Waals surface area contributed by atoms with Crippen molar-refractivity contribution in [3.05, 3.63) is 34.9 Å². The van der Waals surface area contributed by atoms with Crippen molar-refractivity contribution in [3.63, 3.8) is 0 Å². The molecule has 3 atom stereocenters. The van der Waals surface area contributed by atoms with Crippen molar-refractivity contribution in [3.8, 4) is 0 Å². The minimum atomic E-state index is 0.288. The fourth-order valence-corrected chi connectivity index (χ4v) is 3.90. The molecular formula is C16H20ClNO. The number of carbonyl (C=O) groups is 1. The summed E-state index contributed by atoms with van der Waals surface area (Å²) in [7, 11) is 1.92. The molecule has 2 aliphatic rings. The van der Waals surface area contributed by atoms with Gasteiger partial charge in [-0.25, -0.2) is 0 Å². The first kappa shape index (κ1) is 13.0. The Bertz CT molecular complexity index is 470. The molecule has 3 heteroatoms. The highest BCUT2D eigenvalue weighted by Gasteiger charge is 2.43. The van der Waals surface area contributed by atoms with Gasteiger partial charge in [-0.3, -0.25) is 4.79 Å². The minimum Gasteiger partial charge on any atom is -0.341 e. The second-order valence-corrected chi connectivity index (χ2v) is 6.54. The van der Waals surface area contributed by atoms with E-state index in [1.165, 1.54) is 19.3 Å². The highest BCUT2D eigenvalue weighted by atomic mass is 35.5. The topological polar surface area (TPSA) is 20.3 Å². The number of rotatable bonds is 3. The molecular weight excluding hydrogens is 258 g/mol. The summed E-state index contributed by atoms with van der Waals surface area (Å²) in [5.41, 5.74) is 1.14. The van der Waals surface area contributed by atoms with Gasteiger partial charge >= 0.3 is 0 Å². The van der Waals surface area contributed by atoms with E-state index in [0.717, 1.165) is 22.9 Å². The van der Waals surface area contributed by atoms with E-state index in [0.29, 0.717) is 18.4 Å². The van der Waals surface area contributed by atoms with Gasteiger partial charge in [0, 0.05) is 24.5 Å². The standard InChI is InChI=1S/C16H20ClNO/c1-18(10-11-3-6-14(17)7-4-11)16(19)15-9-12-2-5-13(15)8-12/h3-4,6-7,12-13,15H,2,5,8-10H2,1H3. The fraction of sp³-hybridized carbons (Fsp3) is 0.562. The number of nitrogens with zero attached hydrogens (tertiary/aromatic N) is 1. The van der Waals surface area contributed by atoms with E-state index in [-0.39, 0.29) is 5.92 Å². The van der Waals surface area contributed by atoms with E-state index in [9.17, 15) is 4.79 Å². The molecule has 0 spiro atoms. The molecule has 2 bridgehead atoms. The van der Waals surface area contributed by atoms with Crippen LogP contribution in [0.4, 0.5) is 0 Å². The van der Waals surface area contributed by atoms with Crippen LogP contribution in [0.3, 0.4) is 0 Å². The van der Waals surface area contributed by atoms with Crippen LogP contribution in [0.1, 0.15) is 31.2 Å². The van der Waals surface area contributed by atoms with Crippen LogP contribution in [-0.4, -0.2) is 17.9 Å². The first-order valence-corrected chi connectivity index (χ1v) is 7.50. The van der Waals surface area contributed by atoms with Gasteiger partial charge in [0.1, 0.15) is 0 Å². The lowest BCUT2D eigenvalue weighted by molar-refractivity contribution is -0.136. The van der Waals surface area contributed by atoms with Gasteiger partial charge in [-0.05, 0) is 48.8 Å². The van der Waals surface area contributed by atoms with E-state index in [1.807, 2.05) is 36.2 Å². The van der Waals surface area contributed by atoms with E-state index >= 15 is 0 Å². The molecule has 2 aliphatic carbocycles. The van der Waals surface area contributed by atoms with E-state index in [4.69, 9.17) is 11.6 Å². The second kappa shape index (κ2) is 5.16. The summed E-state index contributed by atoms with van der Waals surface area (Å²) in [5.74, 6) is 2.10. The Morgan fingerprint density at radius 2 is 2.00 bits per heavy atom. The van der Waals surface area contributed by atoms with Crippen molar-refractivity contribution in [2.75, 3.05) is 7.05 Å². The highest BCUT2D eigenvalue weighted by Crippen LogP contribution is 2.48. The molecule has 2 fully saturated rings. The largest absolute Gasteiger partial charge is 0.341 e. The molecule has 0 N–H and O–H groups in total. The van der Waals surface area contributed by atoms with Gasteiger partial charge in [-0.15, -0.1) is 0 Å². The smallest absolute Gasteiger partial charge is 0.226 e. The van der Waals surface area contributed by atoms with Crippen LogP contribution in [0, 0.1) is 17.8 Å². The number of fused-ring (bicyclic) bond motifs is 2. The Balaban J connectivity index is 1.62. The van der Waals surface area contributed by atoms with Crippen molar-refractivity contribution < 1.29 is 4.79 Å². The zero-order chi connectivity index (χ0) is 13.4. The van der Waals surface area contributed by atoms with Crippen LogP contribution < -0.4 is 0 Å². The highest BCUT2D eigenvalue weighted by molar-refractivity contribution is 6.30. The maximum absolute atomic E-state index is 12.5. The van der Waals surface area contributed by atoms with Gasteiger partial charge in [-0.1, -0.05) is 30.2 Å². The average molecular weight is 278 g/mol. The van der Waals surface area contributed by atoms with Crippen LogP contribution in [0.15, 0.2) is 24.3 Å². The molecule has 102 valence electrons. The van der Waals surface area contributed by atoms with Gasteiger partial charge in [0.2, 0.25) is 5.91 Å².